The first kappa shape index (κ1) is 31.8. The fourth-order valence-electron chi connectivity index (χ4n) is 14.1. The zero-order valence-electron chi connectivity index (χ0n) is 32.1. The van der Waals surface area contributed by atoms with Gasteiger partial charge in [0, 0.05) is 27.8 Å². The van der Waals surface area contributed by atoms with Crippen LogP contribution in [-0.2, 0) is 10.8 Å². The second kappa shape index (κ2) is 11.6. The summed E-state index contributed by atoms with van der Waals surface area (Å²) in [6.07, 6.45) is 12.2. The van der Waals surface area contributed by atoms with E-state index in [1.807, 2.05) is 0 Å². The molecule has 0 atom stereocenters. The highest BCUT2D eigenvalue weighted by Gasteiger charge is 2.62. The lowest BCUT2D eigenvalue weighted by Gasteiger charge is -2.61. The third kappa shape index (κ3) is 4.16. The number of fused-ring (bicyclic) bond motifs is 9. The lowest BCUT2D eigenvalue weighted by molar-refractivity contribution is -0.0399. The second-order valence-electron chi connectivity index (χ2n) is 18.4. The van der Waals surface area contributed by atoms with Crippen molar-refractivity contribution in [2.24, 2.45) is 23.7 Å². The third-order valence-electron chi connectivity index (χ3n) is 16.0. The molecule has 56 heavy (non-hydrogen) atoms. The molecular formula is C55H47N. The van der Waals surface area contributed by atoms with Crippen LogP contribution in [0.1, 0.15) is 80.0 Å². The number of nitrogens with zero attached hydrogens (tertiary/aromatic N) is 1. The highest BCUT2D eigenvalue weighted by molar-refractivity contribution is 5.97. The van der Waals surface area contributed by atoms with Crippen molar-refractivity contribution in [2.75, 3.05) is 4.90 Å². The van der Waals surface area contributed by atoms with E-state index in [1.54, 1.807) is 22.3 Å². The Balaban J connectivity index is 1.05. The van der Waals surface area contributed by atoms with Gasteiger partial charge < -0.3 is 4.90 Å². The van der Waals surface area contributed by atoms with E-state index in [2.05, 4.69) is 157 Å². The van der Waals surface area contributed by atoms with Gasteiger partial charge in [-0.3, -0.25) is 0 Å². The Labute approximate surface area is 331 Å². The Morgan fingerprint density at radius 2 is 1.07 bits per heavy atom. The molecule has 7 aromatic rings. The molecule has 0 aromatic heterocycles. The van der Waals surface area contributed by atoms with Crippen LogP contribution in [0.15, 0.2) is 152 Å². The van der Waals surface area contributed by atoms with Crippen molar-refractivity contribution >= 4 is 27.8 Å². The standard InChI is InChI=1S/C55H47N/c1-2-12-38-32-40(22-21-37(38)11-1)39-13-9-14-43(33-39)56(44-23-24-49-47(34-44)45-15-3-5-17-48(45)54(49)25-7-8-26-54)52-20-10-19-51-53(52)46-16-4-6-18-50(46)55(51)41-28-35-27-36(30-41)31-42(55)29-35/h1-6,9-24,32-36,41-42H,7-8,25-31H2. The van der Waals surface area contributed by atoms with Crippen LogP contribution in [0.3, 0.4) is 0 Å². The molecule has 1 heteroatoms. The van der Waals surface area contributed by atoms with Crippen molar-refractivity contribution in [3.05, 3.63) is 174 Å². The fraction of sp³-hybridized carbons (Fsp3) is 0.273. The predicted octanol–water partition coefficient (Wildman–Crippen LogP) is 14.5. The van der Waals surface area contributed by atoms with Crippen LogP contribution in [0.2, 0.25) is 0 Å². The Morgan fingerprint density at radius 3 is 1.89 bits per heavy atom. The summed E-state index contributed by atoms with van der Waals surface area (Å²) in [6, 6.07) is 58.9. The van der Waals surface area contributed by atoms with Crippen LogP contribution in [0, 0.1) is 23.7 Å². The van der Waals surface area contributed by atoms with E-state index in [0.29, 0.717) is 0 Å². The molecule has 7 aliphatic rings. The molecule has 7 aromatic carbocycles. The summed E-state index contributed by atoms with van der Waals surface area (Å²) in [7, 11) is 0. The molecule has 0 heterocycles. The van der Waals surface area contributed by atoms with Gasteiger partial charge >= 0.3 is 0 Å². The van der Waals surface area contributed by atoms with Gasteiger partial charge in [0.05, 0.1) is 5.69 Å². The predicted molar refractivity (Wildman–Crippen MR) is 232 cm³/mol. The summed E-state index contributed by atoms with van der Waals surface area (Å²) in [6.45, 7) is 0. The van der Waals surface area contributed by atoms with Gasteiger partial charge in [0.15, 0.2) is 0 Å². The van der Waals surface area contributed by atoms with Crippen molar-refractivity contribution in [1.29, 1.82) is 0 Å². The maximum Gasteiger partial charge on any atom is 0.0543 e. The summed E-state index contributed by atoms with van der Waals surface area (Å²) >= 11 is 0. The molecular weight excluding hydrogens is 675 g/mol. The average Bonchev–Trinajstić information content (AvgIpc) is 3.93. The third-order valence-corrected chi connectivity index (χ3v) is 16.0. The lowest BCUT2D eigenvalue weighted by atomic mass is 9.43. The van der Waals surface area contributed by atoms with Crippen molar-refractivity contribution in [2.45, 2.75) is 68.6 Å². The summed E-state index contributed by atoms with van der Waals surface area (Å²) in [5, 5.41) is 2.56. The number of hydrogen-bond acceptors (Lipinski definition) is 1. The van der Waals surface area contributed by atoms with Crippen LogP contribution >= 0.6 is 0 Å². The molecule has 14 rings (SSSR count). The smallest absolute Gasteiger partial charge is 0.0543 e. The SMILES string of the molecule is c1cc(-c2ccc3ccccc3c2)cc(N(c2ccc3c(c2)-c2ccccc2C32CCCC2)c2cccc3c2-c2ccccc2C32C3CC4CC(C3)CC2C4)c1. The quantitative estimate of drug-likeness (QED) is 0.175. The van der Waals surface area contributed by atoms with Crippen LogP contribution in [0.4, 0.5) is 17.1 Å². The normalized spacial score (nSPS) is 25.4. The van der Waals surface area contributed by atoms with E-state index < -0.39 is 0 Å². The molecule has 1 nitrogen and oxygen atoms in total. The van der Waals surface area contributed by atoms with E-state index in [0.717, 1.165) is 23.7 Å². The monoisotopic (exact) mass is 721 g/mol. The molecule has 4 bridgehead atoms. The maximum absolute atomic E-state index is 2.64. The average molecular weight is 722 g/mol. The van der Waals surface area contributed by atoms with Crippen molar-refractivity contribution < 1.29 is 0 Å². The van der Waals surface area contributed by atoms with Crippen LogP contribution < -0.4 is 4.90 Å². The zero-order chi connectivity index (χ0) is 36.6. The van der Waals surface area contributed by atoms with E-state index in [-0.39, 0.29) is 10.8 Å². The largest absolute Gasteiger partial charge is 0.310 e. The molecule has 272 valence electrons. The summed E-state index contributed by atoms with van der Waals surface area (Å²) in [5.74, 6) is 3.32. The molecule has 0 N–H and O–H groups in total. The zero-order valence-corrected chi connectivity index (χ0v) is 32.1. The van der Waals surface area contributed by atoms with Gasteiger partial charge in [-0.25, -0.2) is 0 Å². The van der Waals surface area contributed by atoms with Gasteiger partial charge in [0.1, 0.15) is 0 Å². The Bertz CT molecular complexity index is 2720. The Morgan fingerprint density at radius 1 is 0.429 bits per heavy atom. The van der Waals surface area contributed by atoms with Crippen LogP contribution in [0.25, 0.3) is 44.2 Å². The number of anilines is 3. The lowest BCUT2D eigenvalue weighted by Crippen LogP contribution is -2.55. The highest BCUT2D eigenvalue weighted by Crippen LogP contribution is 2.70. The first-order valence-corrected chi connectivity index (χ1v) is 21.6. The van der Waals surface area contributed by atoms with Gasteiger partial charge in [0.25, 0.3) is 0 Å². The topological polar surface area (TPSA) is 3.24 Å². The van der Waals surface area contributed by atoms with E-state index in [1.165, 1.54) is 119 Å². The van der Waals surface area contributed by atoms with Crippen molar-refractivity contribution in [1.82, 2.24) is 0 Å². The summed E-state index contributed by atoms with van der Waals surface area (Å²) < 4.78 is 0. The second-order valence-corrected chi connectivity index (χ2v) is 18.4. The summed E-state index contributed by atoms with van der Waals surface area (Å²) in [4.78, 5) is 2.64. The molecule has 0 amide bonds. The first-order chi connectivity index (χ1) is 27.7. The minimum absolute atomic E-state index is 0.125. The first-order valence-electron chi connectivity index (χ1n) is 21.6. The van der Waals surface area contributed by atoms with E-state index in [4.69, 9.17) is 0 Å². The van der Waals surface area contributed by atoms with Gasteiger partial charge in [-0.05, 0) is 166 Å². The van der Waals surface area contributed by atoms with Crippen molar-refractivity contribution in [3.63, 3.8) is 0 Å². The number of hydrogen-bond donors (Lipinski definition) is 0. The van der Waals surface area contributed by atoms with Gasteiger partial charge in [-0.1, -0.05) is 128 Å². The Hall–Kier alpha value is -5.40. The molecule has 0 aliphatic heterocycles. The van der Waals surface area contributed by atoms with Crippen LogP contribution in [0.5, 0.6) is 0 Å². The molecule has 0 radical (unpaired) electrons. The Kier molecular flexibility index (Phi) is 6.57. The molecule has 5 saturated carbocycles. The minimum atomic E-state index is 0.125. The van der Waals surface area contributed by atoms with E-state index >= 15 is 0 Å². The van der Waals surface area contributed by atoms with E-state index in [9.17, 15) is 0 Å². The number of benzene rings is 7. The maximum atomic E-state index is 2.64. The van der Waals surface area contributed by atoms with Gasteiger partial charge in [-0.15, -0.1) is 0 Å². The molecule has 0 saturated heterocycles. The number of rotatable bonds is 4. The molecule has 2 spiro atoms. The fourth-order valence-corrected chi connectivity index (χ4v) is 14.1. The van der Waals surface area contributed by atoms with Gasteiger partial charge in [-0.2, -0.15) is 0 Å². The molecule has 5 fully saturated rings. The molecule has 0 unspecified atom stereocenters. The highest BCUT2D eigenvalue weighted by atomic mass is 15.1. The molecule has 7 aliphatic carbocycles. The summed E-state index contributed by atoms with van der Waals surface area (Å²) in [5.41, 5.74) is 18.7. The van der Waals surface area contributed by atoms with Crippen LogP contribution in [-0.4, -0.2) is 0 Å². The van der Waals surface area contributed by atoms with Gasteiger partial charge in [0.2, 0.25) is 0 Å². The minimum Gasteiger partial charge on any atom is -0.310 e. The van der Waals surface area contributed by atoms with Crippen molar-refractivity contribution in [3.8, 4) is 33.4 Å².